The van der Waals surface area contributed by atoms with Crippen LogP contribution in [0, 0.1) is 23.2 Å². The number of esters is 1. The second-order valence-electron chi connectivity index (χ2n) is 10.4. The second kappa shape index (κ2) is 14.1. The summed E-state index contributed by atoms with van der Waals surface area (Å²) in [6.07, 6.45) is 13.1. The average Bonchev–Trinajstić information content (AvgIpc) is 2.90. The first kappa shape index (κ1) is 27.0. The molecule has 1 aliphatic carbocycles. The maximum atomic E-state index is 12.9. The molecule has 3 heteroatoms. The molecule has 0 spiro atoms. The third-order valence-corrected chi connectivity index (χ3v) is 7.77. The van der Waals surface area contributed by atoms with Gasteiger partial charge in [0.05, 0.1) is 11.5 Å². The highest BCUT2D eigenvalue weighted by molar-refractivity contribution is 5.76. The molecule has 0 amide bonds. The van der Waals surface area contributed by atoms with Gasteiger partial charge < -0.3 is 4.74 Å². The van der Waals surface area contributed by atoms with Crippen molar-refractivity contribution in [2.24, 2.45) is 11.8 Å². The molecule has 2 aromatic rings. The largest absolute Gasteiger partial charge is 0.425 e. The van der Waals surface area contributed by atoms with Gasteiger partial charge in [0.2, 0.25) is 0 Å². The van der Waals surface area contributed by atoms with Crippen molar-refractivity contribution in [3.05, 3.63) is 64.7 Å². The highest BCUT2D eigenvalue weighted by atomic mass is 16.5. The Bertz CT molecular complexity index is 964. The van der Waals surface area contributed by atoms with Crippen molar-refractivity contribution in [3.63, 3.8) is 0 Å². The minimum absolute atomic E-state index is 0.0835. The molecule has 2 aromatic carbocycles. The summed E-state index contributed by atoms with van der Waals surface area (Å²) >= 11 is 0. The first-order valence-electron chi connectivity index (χ1n) is 13.9. The zero-order valence-corrected chi connectivity index (χ0v) is 22.0. The summed E-state index contributed by atoms with van der Waals surface area (Å²) in [7, 11) is 0. The summed E-state index contributed by atoms with van der Waals surface area (Å²) in [5.74, 6) is 1.30. The van der Waals surface area contributed by atoms with Crippen molar-refractivity contribution in [3.8, 4) is 11.8 Å². The zero-order valence-electron chi connectivity index (χ0n) is 22.0. The first-order chi connectivity index (χ1) is 17.1. The van der Waals surface area contributed by atoms with Crippen LogP contribution in [0.3, 0.4) is 0 Å². The summed E-state index contributed by atoms with van der Waals surface area (Å²) in [5.41, 5.74) is 4.44. The number of ether oxygens (including phenoxy) is 1. The van der Waals surface area contributed by atoms with Crippen molar-refractivity contribution in [2.45, 2.75) is 104 Å². The topological polar surface area (TPSA) is 50.1 Å². The van der Waals surface area contributed by atoms with Gasteiger partial charge in [-0.2, -0.15) is 5.26 Å². The Morgan fingerprint density at radius 3 is 2.29 bits per heavy atom. The lowest BCUT2D eigenvalue weighted by Gasteiger charge is -2.27. The number of aryl methyl sites for hydroxylation is 1. The van der Waals surface area contributed by atoms with E-state index in [1.165, 1.54) is 43.2 Å². The number of nitriles is 1. The molecular weight excluding hydrogens is 430 g/mol. The van der Waals surface area contributed by atoms with Gasteiger partial charge in [-0.3, -0.25) is 4.79 Å². The summed E-state index contributed by atoms with van der Waals surface area (Å²) in [6.45, 7) is 6.69. The van der Waals surface area contributed by atoms with Crippen molar-refractivity contribution < 1.29 is 9.53 Å². The lowest BCUT2D eigenvalue weighted by molar-refractivity contribution is -0.140. The predicted octanol–water partition coefficient (Wildman–Crippen LogP) is 8.54. The second-order valence-corrected chi connectivity index (χ2v) is 10.4. The minimum atomic E-state index is -0.183. The van der Waals surface area contributed by atoms with Crippen LogP contribution in [0.2, 0.25) is 0 Å². The number of rotatable bonds is 12. The summed E-state index contributed by atoms with van der Waals surface area (Å²) in [4.78, 5) is 12.9. The van der Waals surface area contributed by atoms with Crippen LogP contribution in [0.5, 0.6) is 5.75 Å². The molecule has 0 aromatic heterocycles. The SMILES string of the molecule is CCCCc1ccc(C2CCC(C(=O)Oc3ccc(CC(CC)CCCC)cc3C#N)CC2)cc1. The minimum Gasteiger partial charge on any atom is -0.425 e. The van der Waals surface area contributed by atoms with Crippen LogP contribution in [0.25, 0.3) is 0 Å². The van der Waals surface area contributed by atoms with Crippen molar-refractivity contribution in [1.82, 2.24) is 0 Å². The van der Waals surface area contributed by atoms with Crippen LogP contribution >= 0.6 is 0 Å². The van der Waals surface area contributed by atoms with Gasteiger partial charge in [-0.1, -0.05) is 83.2 Å². The number of hydrogen-bond acceptors (Lipinski definition) is 3. The van der Waals surface area contributed by atoms with E-state index in [9.17, 15) is 10.1 Å². The number of carbonyl (C=O) groups excluding carboxylic acids is 1. The molecule has 0 radical (unpaired) electrons. The van der Waals surface area contributed by atoms with Crippen molar-refractivity contribution in [1.29, 1.82) is 5.26 Å². The van der Waals surface area contributed by atoms with Gasteiger partial charge in [0, 0.05) is 0 Å². The monoisotopic (exact) mass is 473 g/mol. The summed E-state index contributed by atoms with van der Waals surface area (Å²) in [6, 6.07) is 17.1. The Morgan fingerprint density at radius 2 is 1.66 bits per heavy atom. The molecule has 1 atom stereocenters. The normalized spacial score (nSPS) is 18.6. The Morgan fingerprint density at radius 1 is 0.971 bits per heavy atom. The van der Waals surface area contributed by atoms with E-state index in [1.807, 2.05) is 18.2 Å². The molecule has 0 bridgehead atoms. The summed E-state index contributed by atoms with van der Waals surface area (Å²) in [5, 5.41) is 9.69. The molecule has 3 rings (SSSR count). The van der Waals surface area contributed by atoms with Crippen molar-refractivity contribution in [2.75, 3.05) is 0 Å². The lowest BCUT2D eigenvalue weighted by atomic mass is 9.78. The maximum Gasteiger partial charge on any atom is 0.314 e. The van der Waals surface area contributed by atoms with E-state index in [0.717, 1.165) is 50.5 Å². The molecule has 0 saturated heterocycles. The molecule has 35 heavy (non-hydrogen) atoms. The molecule has 1 unspecified atom stereocenters. The number of unbranched alkanes of at least 4 members (excludes halogenated alkanes) is 2. The highest BCUT2D eigenvalue weighted by Gasteiger charge is 2.29. The smallest absolute Gasteiger partial charge is 0.314 e. The van der Waals surface area contributed by atoms with Crippen LogP contribution in [-0.4, -0.2) is 5.97 Å². The van der Waals surface area contributed by atoms with E-state index >= 15 is 0 Å². The average molecular weight is 474 g/mol. The fourth-order valence-electron chi connectivity index (χ4n) is 5.35. The van der Waals surface area contributed by atoms with Gasteiger partial charge in [-0.05, 0) is 85.6 Å². The molecule has 1 fully saturated rings. The number of nitrogens with zero attached hydrogens (tertiary/aromatic N) is 1. The van der Waals surface area contributed by atoms with Crippen LogP contribution in [0.4, 0.5) is 0 Å². The molecule has 1 aliphatic rings. The molecule has 0 aliphatic heterocycles. The fourth-order valence-corrected chi connectivity index (χ4v) is 5.35. The zero-order chi connectivity index (χ0) is 25.0. The highest BCUT2D eigenvalue weighted by Crippen LogP contribution is 2.37. The molecule has 1 saturated carbocycles. The van der Waals surface area contributed by atoms with E-state index in [2.05, 4.69) is 51.1 Å². The quantitative estimate of drug-likeness (QED) is 0.229. The Labute approximate surface area is 212 Å². The van der Waals surface area contributed by atoms with E-state index in [4.69, 9.17) is 4.74 Å². The van der Waals surface area contributed by atoms with Crippen LogP contribution < -0.4 is 4.74 Å². The molecule has 188 valence electrons. The molecule has 3 nitrogen and oxygen atoms in total. The lowest BCUT2D eigenvalue weighted by Crippen LogP contribution is -2.25. The van der Waals surface area contributed by atoms with Crippen LogP contribution in [0.15, 0.2) is 42.5 Å². The standard InChI is InChI=1S/C32H43NO2/c1-4-7-9-24(6-3)21-26-13-20-31(30(22-26)23-33)35-32(34)29-18-16-28(17-19-29)27-14-11-25(12-15-27)10-8-5-2/h11-15,20,22,24,28-29H,4-10,16-19,21H2,1-3H3. The molecule has 0 heterocycles. The third kappa shape index (κ3) is 7.96. The molecule has 0 N–H and O–H groups in total. The first-order valence-corrected chi connectivity index (χ1v) is 13.9. The van der Waals surface area contributed by atoms with Crippen LogP contribution in [0.1, 0.15) is 113 Å². The Kier molecular flexibility index (Phi) is 10.9. The van der Waals surface area contributed by atoms with E-state index < -0.39 is 0 Å². The number of benzene rings is 2. The Balaban J connectivity index is 1.54. The van der Waals surface area contributed by atoms with Crippen LogP contribution in [-0.2, 0) is 17.6 Å². The van der Waals surface area contributed by atoms with E-state index in [0.29, 0.717) is 23.1 Å². The number of carbonyl (C=O) groups is 1. The number of hydrogen-bond donors (Lipinski definition) is 0. The fraction of sp³-hybridized carbons (Fsp3) is 0.562. The van der Waals surface area contributed by atoms with Crippen molar-refractivity contribution >= 4 is 5.97 Å². The summed E-state index contributed by atoms with van der Waals surface area (Å²) < 4.78 is 5.76. The van der Waals surface area contributed by atoms with E-state index in [-0.39, 0.29) is 11.9 Å². The van der Waals surface area contributed by atoms with Gasteiger partial charge >= 0.3 is 5.97 Å². The third-order valence-electron chi connectivity index (χ3n) is 7.77. The van der Waals surface area contributed by atoms with Gasteiger partial charge in [0.25, 0.3) is 0 Å². The van der Waals surface area contributed by atoms with Gasteiger partial charge in [-0.25, -0.2) is 0 Å². The van der Waals surface area contributed by atoms with E-state index in [1.54, 1.807) is 0 Å². The van der Waals surface area contributed by atoms with Gasteiger partial charge in [0.1, 0.15) is 11.8 Å². The van der Waals surface area contributed by atoms with Gasteiger partial charge in [-0.15, -0.1) is 0 Å². The van der Waals surface area contributed by atoms with Gasteiger partial charge in [0.15, 0.2) is 0 Å². The maximum absolute atomic E-state index is 12.9. The Hall–Kier alpha value is -2.60. The molecular formula is C32H43NO2. The predicted molar refractivity (Wildman–Crippen MR) is 144 cm³/mol.